The summed E-state index contributed by atoms with van der Waals surface area (Å²) < 4.78 is 0. The van der Waals surface area contributed by atoms with Gasteiger partial charge in [0.15, 0.2) is 0 Å². The molecule has 1 N–H and O–H groups in total. The van der Waals surface area contributed by atoms with Gasteiger partial charge < -0.3 is 4.98 Å². The van der Waals surface area contributed by atoms with Crippen LogP contribution >= 0.6 is 0 Å². The molecule has 2 aromatic rings. The molecule has 1 heterocycles. The summed E-state index contributed by atoms with van der Waals surface area (Å²) >= 11 is 0. The number of aromatic amines is 1. The number of aromatic nitrogens is 2. The highest BCUT2D eigenvalue weighted by molar-refractivity contribution is 5.60. The highest BCUT2D eigenvalue weighted by Crippen LogP contribution is 2.38. The van der Waals surface area contributed by atoms with Crippen molar-refractivity contribution in [3.8, 4) is 11.4 Å². The second-order valence-corrected chi connectivity index (χ2v) is 7.15. The normalized spacial score (nSPS) is 15.5. The van der Waals surface area contributed by atoms with Gasteiger partial charge in [-0.3, -0.25) is 9.69 Å². The summed E-state index contributed by atoms with van der Waals surface area (Å²) in [7, 11) is 0. The Labute approximate surface area is 150 Å². The van der Waals surface area contributed by atoms with Crippen LogP contribution in [0.2, 0.25) is 0 Å². The van der Waals surface area contributed by atoms with Gasteiger partial charge in [-0.2, -0.15) is 0 Å². The van der Waals surface area contributed by atoms with Gasteiger partial charge in [0.25, 0.3) is 5.56 Å². The summed E-state index contributed by atoms with van der Waals surface area (Å²) in [6.07, 6.45) is 4.69. The van der Waals surface area contributed by atoms with Crippen LogP contribution in [-0.2, 0) is 6.54 Å². The summed E-state index contributed by atoms with van der Waals surface area (Å²) in [4.78, 5) is 22.3. The smallest absolute Gasteiger partial charge is 0.251 e. The van der Waals surface area contributed by atoms with E-state index in [0.29, 0.717) is 17.8 Å². The molecule has 1 fully saturated rings. The van der Waals surface area contributed by atoms with Gasteiger partial charge in [0, 0.05) is 30.1 Å². The zero-order chi connectivity index (χ0) is 17.8. The van der Waals surface area contributed by atoms with E-state index in [4.69, 9.17) is 4.98 Å². The van der Waals surface area contributed by atoms with Crippen LogP contribution in [0.1, 0.15) is 63.6 Å². The van der Waals surface area contributed by atoms with E-state index >= 15 is 0 Å². The van der Waals surface area contributed by atoms with Crippen LogP contribution < -0.4 is 5.56 Å². The first-order valence-corrected chi connectivity index (χ1v) is 9.56. The predicted molar refractivity (Wildman–Crippen MR) is 103 cm³/mol. The standard InChI is InChI=1S/C21H29N3O/c1-4-8-15(3)24(5-2)14-17-9-6-7-10-18(17)21-22-19(16-11-12-16)13-20(25)23-21/h6-7,9-10,13,15-16H,4-5,8,11-12,14H2,1-3H3,(H,22,23,25). The summed E-state index contributed by atoms with van der Waals surface area (Å²) in [6, 6.07) is 10.5. The molecule has 4 heteroatoms. The van der Waals surface area contributed by atoms with Gasteiger partial charge in [-0.15, -0.1) is 0 Å². The molecule has 0 radical (unpaired) electrons. The van der Waals surface area contributed by atoms with Crippen LogP contribution in [0.25, 0.3) is 11.4 Å². The Hall–Kier alpha value is -1.94. The van der Waals surface area contributed by atoms with Crippen LogP contribution in [0.4, 0.5) is 0 Å². The first kappa shape index (κ1) is 17.9. The number of hydrogen-bond acceptors (Lipinski definition) is 3. The summed E-state index contributed by atoms with van der Waals surface area (Å²) in [6.45, 7) is 8.63. The van der Waals surface area contributed by atoms with Crippen LogP contribution in [-0.4, -0.2) is 27.5 Å². The topological polar surface area (TPSA) is 49.0 Å². The highest BCUT2D eigenvalue weighted by Gasteiger charge is 2.26. The maximum atomic E-state index is 12.1. The van der Waals surface area contributed by atoms with Crippen molar-refractivity contribution in [2.75, 3.05) is 6.54 Å². The van der Waals surface area contributed by atoms with E-state index in [1.807, 2.05) is 6.07 Å². The Bertz CT molecular complexity index is 764. The minimum absolute atomic E-state index is 0.0478. The molecule has 1 unspecified atom stereocenters. The number of nitrogens with one attached hydrogen (secondary N) is 1. The van der Waals surface area contributed by atoms with Crippen molar-refractivity contribution in [2.24, 2.45) is 0 Å². The number of H-pyrrole nitrogens is 1. The molecule has 0 aliphatic heterocycles. The van der Waals surface area contributed by atoms with Crippen molar-refractivity contribution in [3.05, 3.63) is 51.9 Å². The third kappa shape index (κ3) is 4.37. The number of nitrogens with zero attached hydrogens (tertiary/aromatic N) is 2. The second kappa shape index (κ2) is 7.96. The average molecular weight is 339 g/mol. The Morgan fingerprint density at radius 1 is 1.28 bits per heavy atom. The Morgan fingerprint density at radius 3 is 2.72 bits per heavy atom. The molecule has 1 aliphatic carbocycles. The van der Waals surface area contributed by atoms with E-state index in [1.165, 1.54) is 18.4 Å². The predicted octanol–water partition coefficient (Wildman–Crippen LogP) is 4.32. The lowest BCUT2D eigenvalue weighted by Crippen LogP contribution is -2.32. The summed E-state index contributed by atoms with van der Waals surface area (Å²) in [5.41, 5.74) is 3.17. The zero-order valence-corrected chi connectivity index (χ0v) is 15.6. The van der Waals surface area contributed by atoms with E-state index < -0.39 is 0 Å². The lowest BCUT2D eigenvalue weighted by Gasteiger charge is -2.28. The first-order chi connectivity index (χ1) is 12.1. The molecule has 1 aromatic heterocycles. The third-order valence-electron chi connectivity index (χ3n) is 5.14. The van der Waals surface area contributed by atoms with Gasteiger partial charge in [-0.05, 0) is 38.3 Å². The van der Waals surface area contributed by atoms with E-state index in [-0.39, 0.29) is 5.56 Å². The second-order valence-electron chi connectivity index (χ2n) is 7.15. The SMILES string of the molecule is CCCC(C)N(CC)Cc1ccccc1-c1nc(C2CC2)cc(=O)[nH]1. The molecule has 0 amide bonds. The van der Waals surface area contributed by atoms with Crippen LogP contribution in [0.15, 0.2) is 35.1 Å². The molecule has 0 spiro atoms. The van der Waals surface area contributed by atoms with Crippen molar-refractivity contribution >= 4 is 0 Å². The fourth-order valence-corrected chi connectivity index (χ4v) is 3.48. The summed E-state index contributed by atoms with van der Waals surface area (Å²) in [5.74, 6) is 1.19. The van der Waals surface area contributed by atoms with Gasteiger partial charge in [-0.25, -0.2) is 4.98 Å². The lowest BCUT2D eigenvalue weighted by atomic mass is 10.0. The molecule has 0 bridgehead atoms. The fraction of sp³-hybridized carbons (Fsp3) is 0.524. The summed E-state index contributed by atoms with van der Waals surface area (Å²) in [5, 5.41) is 0. The number of benzene rings is 1. The molecule has 1 aromatic carbocycles. The quantitative estimate of drug-likeness (QED) is 0.779. The van der Waals surface area contributed by atoms with Crippen LogP contribution in [0.3, 0.4) is 0 Å². The van der Waals surface area contributed by atoms with E-state index in [9.17, 15) is 4.79 Å². The van der Waals surface area contributed by atoms with Gasteiger partial charge in [0.1, 0.15) is 5.82 Å². The highest BCUT2D eigenvalue weighted by atomic mass is 16.1. The molecular formula is C21H29N3O. The molecule has 1 saturated carbocycles. The van der Waals surface area contributed by atoms with E-state index in [2.05, 4.69) is 48.9 Å². The van der Waals surface area contributed by atoms with E-state index in [1.54, 1.807) is 6.07 Å². The number of rotatable bonds is 8. The Balaban J connectivity index is 1.92. The average Bonchev–Trinajstić information content (AvgIpc) is 3.44. The van der Waals surface area contributed by atoms with Crippen molar-refractivity contribution in [3.63, 3.8) is 0 Å². The van der Waals surface area contributed by atoms with Gasteiger partial charge in [-0.1, -0.05) is 44.5 Å². The minimum Gasteiger partial charge on any atom is -0.307 e. The van der Waals surface area contributed by atoms with Crippen molar-refractivity contribution in [2.45, 2.75) is 65.0 Å². The molecule has 3 rings (SSSR count). The monoisotopic (exact) mass is 339 g/mol. The first-order valence-electron chi connectivity index (χ1n) is 9.56. The largest absolute Gasteiger partial charge is 0.307 e. The van der Waals surface area contributed by atoms with Gasteiger partial charge in [0.05, 0.1) is 5.69 Å². The maximum absolute atomic E-state index is 12.1. The fourth-order valence-electron chi connectivity index (χ4n) is 3.48. The maximum Gasteiger partial charge on any atom is 0.251 e. The minimum atomic E-state index is -0.0478. The number of hydrogen-bond donors (Lipinski definition) is 1. The molecule has 134 valence electrons. The van der Waals surface area contributed by atoms with E-state index in [0.717, 1.165) is 37.2 Å². The van der Waals surface area contributed by atoms with Gasteiger partial charge in [0.2, 0.25) is 0 Å². The van der Waals surface area contributed by atoms with Gasteiger partial charge >= 0.3 is 0 Å². The molecule has 25 heavy (non-hydrogen) atoms. The zero-order valence-electron chi connectivity index (χ0n) is 15.6. The van der Waals surface area contributed by atoms with Crippen molar-refractivity contribution < 1.29 is 0 Å². The van der Waals surface area contributed by atoms with Crippen molar-refractivity contribution in [1.29, 1.82) is 0 Å². The Kier molecular flexibility index (Phi) is 5.69. The van der Waals surface area contributed by atoms with Crippen LogP contribution in [0.5, 0.6) is 0 Å². The molecule has 1 atom stereocenters. The lowest BCUT2D eigenvalue weighted by molar-refractivity contribution is 0.200. The molecule has 4 nitrogen and oxygen atoms in total. The molecule has 0 saturated heterocycles. The third-order valence-corrected chi connectivity index (χ3v) is 5.14. The van der Waals surface area contributed by atoms with Crippen molar-refractivity contribution in [1.82, 2.24) is 14.9 Å². The molecular weight excluding hydrogens is 310 g/mol. The Morgan fingerprint density at radius 2 is 2.04 bits per heavy atom. The van der Waals surface area contributed by atoms with Crippen LogP contribution in [0, 0.1) is 0 Å². The molecule has 1 aliphatic rings.